The molecule has 2 heterocycles. The van der Waals surface area contributed by atoms with Crippen LogP contribution in [0.5, 0.6) is 5.75 Å². The molecule has 2 amide bonds. The Labute approximate surface area is 226 Å². The molecule has 9 heteroatoms. The second-order valence-electron chi connectivity index (χ2n) is 9.32. The zero-order valence-electron chi connectivity index (χ0n) is 21.3. The Kier molecular flexibility index (Phi) is 7.42. The van der Waals surface area contributed by atoms with Gasteiger partial charge in [0.05, 0.1) is 23.6 Å². The van der Waals surface area contributed by atoms with Gasteiger partial charge in [-0.05, 0) is 60.9 Å². The van der Waals surface area contributed by atoms with E-state index in [1.54, 1.807) is 45.8 Å². The fourth-order valence-corrected chi connectivity index (χ4v) is 4.69. The van der Waals surface area contributed by atoms with Crippen LogP contribution >= 0.6 is 11.6 Å². The molecule has 8 nitrogen and oxygen atoms in total. The molecule has 0 aliphatic carbocycles. The molecule has 3 aromatic carbocycles. The van der Waals surface area contributed by atoms with Gasteiger partial charge in [0.15, 0.2) is 5.69 Å². The maximum absolute atomic E-state index is 13.7. The Morgan fingerprint density at radius 3 is 2.50 bits per heavy atom. The standard InChI is InChI=1S/C29H28ClN5O3/c1-20-27(31-32-35(20)24-13-11-23(30)12-14-24)29(37)34-15-6-16-38-26-10-4-3-9-25(26)28(36)33(2)18-21-7-5-8-22(17-21)19-34/h3-5,7-14,17H,6,15-16,18-19H2,1-2H3. The molecule has 1 aromatic heterocycles. The van der Waals surface area contributed by atoms with Crippen molar-refractivity contribution in [2.24, 2.45) is 0 Å². The van der Waals surface area contributed by atoms with E-state index in [1.165, 1.54) is 0 Å². The third-order valence-corrected chi connectivity index (χ3v) is 6.79. The Bertz CT molecular complexity index is 1470. The normalized spacial score (nSPS) is 14.4. The van der Waals surface area contributed by atoms with E-state index < -0.39 is 0 Å². The van der Waals surface area contributed by atoms with Crippen LogP contribution in [-0.2, 0) is 13.1 Å². The highest BCUT2D eigenvalue weighted by atomic mass is 35.5. The first kappa shape index (κ1) is 25.5. The van der Waals surface area contributed by atoms with Gasteiger partial charge in [-0.1, -0.05) is 53.2 Å². The average molecular weight is 530 g/mol. The Balaban J connectivity index is 1.44. The molecule has 194 valence electrons. The van der Waals surface area contributed by atoms with Crippen molar-refractivity contribution in [3.63, 3.8) is 0 Å². The van der Waals surface area contributed by atoms with Crippen LogP contribution < -0.4 is 4.74 Å². The molecule has 0 unspecified atom stereocenters. The van der Waals surface area contributed by atoms with Crippen LogP contribution in [0.4, 0.5) is 0 Å². The summed E-state index contributed by atoms with van der Waals surface area (Å²) in [5, 5.41) is 9.10. The molecule has 0 atom stereocenters. The summed E-state index contributed by atoms with van der Waals surface area (Å²) in [6, 6.07) is 22.4. The van der Waals surface area contributed by atoms with E-state index in [1.807, 2.05) is 55.5 Å². The predicted molar refractivity (Wildman–Crippen MR) is 145 cm³/mol. The van der Waals surface area contributed by atoms with Crippen LogP contribution in [0.1, 0.15) is 44.1 Å². The monoisotopic (exact) mass is 529 g/mol. The minimum Gasteiger partial charge on any atom is -0.493 e. The molecule has 2 bridgehead atoms. The van der Waals surface area contributed by atoms with Crippen molar-refractivity contribution in [1.29, 1.82) is 0 Å². The highest BCUT2D eigenvalue weighted by Gasteiger charge is 2.24. The minimum absolute atomic E-state index is 0.0980. The number of fused-ring (bicyclic) bond motifs is 3. The van der Waals surface area contributed by atoms with Gasteiger partial charge in [-0.15, -0.1) is 5.10 Å². The number of benzene rings is 3. The van der Waals surface area contributed by atoms with Crippen molar-refractivity contribution in [3.05, 3.63) is 106 Å². The van der Waals surface area contributed by atoms with Gasteiger partial charge in [-0.25, -0.2) is 4.68 Å². The molecule has 0 N–H and O–H groups in total. The number of aromatic nitrogens is 3. The van der Waals surface area contributed by atoms with Gasteiger partial charge < -0.3 is 14.5 Å². The van der Waals surface area contributed by atoms with Gasteiger partial charge in [-0.2, -0.15) is 0 Å². The third kappa shape index (κ3) is 5.40. The highest BCUT2D eigenvalue weighted by molar-refractivity contribution is 6.30. The fraction of sp³-hybridized carbons (Fsp3) is 0.241. The first-order valence-electron chi connectivity index (χ1n) is 12.4. The zero-order valence-corrected chi connectivity index (χ0v) is 22.1. The van der Waals surface area contributed by atoms with E-state index in [-0.39, 0.29) is 11.8 Å². The van der Waals surface area contributed by atoms with Crippen molar-refractivity contribution in [2.75, 3.05) is 20.2 Å². The first-order chi connectivity index (χ1) is 18.4. The minimum atomic E-state index is -0.201. The second-order valence-corrected chi connectivity index (χ2v) is 9.75. The molecule has 0 spiro atoms. The van der Waals surface area contributed by atoms with Crippen molar-refractivity contribution < 1.29 is 14.3 Å². The van der Waals surface area contributed by atoms with Crippen molar-refractivity contribution >= 4 is 23.4 Å². The number of nitrogens with zero attached hydrogens (tertiary/aromatic N) is 5. The largest absolute Gasteiger partial charge is 0.493 e. The third-order valence-electron chi connectivity index (χ3n) is 6.53. The van der Waals surface area contributed by atoms with Gasteiger partial charge in [0, 0.05) is 31.7 Å². The zero-order chi connectivity index (χ0) is 26.6. The molecule has 0 radical (unpaired) electrons. The number of carbonyl (C=O) groups is 2. The number of ether oxygens (including phenoxy) is 1. The van der Waals surface area contributed by atoms with Crippen LogP contribution in [0.3, 0.4) is 0 Å². The topological polar surface area (TPSA) is 80.6 Å². The van der Waals surface area contributed by atoms with Gasteiger partial charge in [-0.3, -0.25) is 9.59 Å². The predicted octanol–water partition coefficient (Wildman–Crippen LogP) is 4.93. The SMILES string of the molecule is Cc1c(C(=O)N2CCCOc3ccccc3C(=O)N(C)Cc3cccc(c3)C2)nnn1-c1ccc(Cl)cc1. The molecule has 1 aliphatic rings. The number of hydrogen-bond acceptors (Lipinski definition) is 5. The van der Waals surface area contributed by atoms with Crippen LogP contribution in [0, 0.1) is 6.92 Å². The quantitative estimate of drug-likeness (QED) is 0.368. The number of hydrogen-bond donors (Lipinski definition) is 0. The molecular formula is C29H28ClN5O3. The molecule has 0 saturated carbocycles. The van der Waals surface area contributed by atoms with Crippen molar-refractivity contribution in [3.8, 4) is 11.4 Å². The smallest absolute Gasteiger partial charge is 0.276 e. The van der Waals surface area contributed by atoms with E-state index in [0.717, 1.165) is 16.8 Å². The number of amides is 2. The van der Waals surface area contributed by atoms with Gasteiger partial charge in [0.25, 0.3) is 11.8 Å². The average Bonchev–Trinajstić information content (AvgIpc) is 3.31. The summed E-state index contributed by atoms with van der Waals surface area (Å²) >= 11 is 6.03. The highest BCUT2D eigenvalue weighted by Crippen LogP contribution is 2.23. The lowest BCUT2D eigenvalue weighted by molar-refractivity contribution is 0.0726. The van der Waals surface area contributed by atoms with Crippen LogP contribution in [0.15, 0.2) is 72.8 Å². The Morgan fingerprint density at radius 2 is 1.71 bits per heavy atom. The number of carbonyl (C=O) groups excluding carboxylic acids is 2. The molecular weight excluding hydrogens is 502 g/mol. The van der Waals surface area contributed by atoms with Crippen LogP contribution in [0.25, 0.3) is 5.69 Å². The summed E-state index contributed by atoms with van der Waals surface area (Å²) in [6.45, 7) is 3.47. The van der Waals surface area contributed by atoms with Crippen molar-refractivity contribution in [2.45, 2.75) is 26.4 Å². The second kappa shape index (κ2) is 11.1. The Morgan fingerprint density at radius 1 is 0.974 bits per heavy atom. The van der Waals surface area contributed by atoms with Gasteiger partial charge in [0.2, 0.25) is 0 Å². The van der Waals surface area contributed by atoms with Gasteiger partial charge >= 0.3 is 0 Å². The number of halogens is 1. The Hall–Kier alpha value is -4.17. The van der Waals surface area contributed by atoms with Crippen LogP contribution in [-0.4, -0.2) is 56.8 Å². The number of rotatable bonds is 2. The maximum atomic E-state index is 13.7. The summed E-state index contributed by atoms with van der Waals surface area (Å²) in [5.74, 6) is 0.238. The summed E-state index contributed by atoms with van der Waals surface area (Å²) in [4.78, 5) is 30.3. The molecule has 5 rings (SSSR count). The lowest BCUT2D eigenvalue weighted by Crippen LogP contribution is -2.33. The van der Waals surface area contributed by atoms with Crippen molar-refractivity contribution in [1.82, 2.24) is 24.8 Å². The molecule has 0 fully saturated rings. The van der Waals surface area contributed by atoms with Gasteiger partial charge in [0.1, 0.15) is 5.75 Å². The molecule has 1 aliphatic heterocycles. The fourth-order valence-electron chi connectivity index (χ4n) is 4.56. The van der Waals surface area contributed by atoms with E-state index in [4.69, 9.17) is 16.3 Å². The molecule has 38 heavy (non-hydrogen) atoms. The molecule has 0 saturated heterocycles. The molecule has 4 aromatic rings. The summed E-state index contributed by atoms with van der Waals surface area (Å²) in [6.07, 6.45) is 0.578. The number of para-hydroxylation sites is 1. The van der Waals surface area contributed by atoms with E-state index >= 15 is 0 Å². The van der Waals surface area contributed by atoms with E-state index in [9.17, 15) is 9.59 Å². The lowest BCUT2D eigenvalue weighted by atomic mass is 10.1. The summed E-state index contributed by atoms with van der Waals surface area (Å²) in [7, 11) is 1.78. The summed E-state index contributed by atoms with van der Waals surface area (Å²) in [5.41, 5.74) is 4.19. The maximum Gasteiger partial charge on any atom is 0.276 e. The summed E-state index contributed by atoms with van der Waals surface area (Å²) < 4.78 is 7.64. The first-order valence-corrected chi connectivity index (χ1v) is 12.8. The van der Waals surface area contributed by atoms with Crippen LogP contribution in [0.2, 0.25) is 5.02 Å². The van der Waals surface area contributed by atoms with E-state index in [0.29, 0.717) is 60.4 Å². The lowest BCUT2D eigenvalue weighted by Gasteiger charge is -2.24. The van der Waals surface area contributed by atoms with E-state index in [2.05, 4.69) is 10.3 Å².